The number of carbonyl (C=O) groups excluding carboxylic acids is 1. The van der Waals surface area contributed by atoms with Crippen molar-refractivity contribution in [3.05, 3.63) is 47.2 Å². The second-order valence-electron chi connectivity index (χ2n) is 4.44. The molecule has 3 N–H and O–H groups in total. The van der Waals surface area contributed by atoms with Gasteiger partial charge in [-0.15, -0.1) is 0 Å². The lowest BCUT2D eigenvalue weighted by Gasteiger charge is -2.06. The van der Waals surface area contributed by atoms with Gasteiger partial charge in [0.15, 0.2) is 0 Å². The van der Waals surface area contributed by atoms with Crippen LogP contribution in [0.5, 0.6) is 0 Å². The van der Waals surface area contributed by atoms with Gasteiger partial charge in [-0.25, -0.2) is 14.6 Å². The van der Waals surface area contributed by atoms with Gasteiger partial charge in [-0.2, -0.15) is 0 Å². The zero-order valence-electron chi connectivity index (χ0n) is 11.6. The van der Waals surface area contributed by atoms with Gasteiger partial charge in [0.2, 0.25) is 5.89 Å². The fourth-order valence-corrected chi connectivity index (χ4v) is 1.68. The first kappa shape index (κ1) is 14.6. The predicted octanol–water partition coefficient (Wildman–Crippen LogP) is 2.31. The Bertz CT molecular complexity index is 659. The summed E-state index contributed by atoms with van der Waals surface area (Å²) in [6, 6.07) is 5.52. The topological polar surface area (TPSA) is 104 Å². The Morgan fingerprint density at radius 3 is 2.71 bits per heavy atom. The molecule has 0 unspecified atom stereocenters. The molecule has 0 saturated carbocycles. The molecule has 0 aliphatic carbocycles. The molecule has 110 valence electrons. The molecule has 21 heavy (non-hydrogen) atoms. The van der Waals surface area contributed by atoms with E-state index in [4.69, 9.17) is 9.52 Å². The zero-order chi connectivity index (χ0) is 15.4. The van der Waals surface area contributed by atoms with Gasteiger partial charge in [-0.3, -0.25) is 0 Å². The van der Waals surface area contributed by atoms with Crippen LogP contribution in [-0.2, 0) is 6.54 Å². The number of benzene rings is 1. The van der Waals surface area contributed by atoms with E-state index < -0.39 is 12.0 Å². The third-order valence-electron chi connectivity index (χ3n) is 2.84. The lowest BCUT2D eigenvalue weighted by Crippen LogP contribution is -2.28. The van der Waals surface area contributed by atoms with Crippen molar-refractivity contribution in [1.29, 1.82) is 0 Å². The maximum absolute atomic E-state index is 11.7. The highest BCUT2D eigenvalue weighted by atomic mass is 16.4. The van der Waals surface area contributed by atoms with Crippen LogP contribution in [0.15, 0.2) is 28.7 Å². The first-order valence-electron chi connectivity index (χ1n) is 6.27. The van der Waals surface area contributed by atoms with Crippen molar-refractivity contribution in [2.75, 3.05) is 5.32 Å². The van der Waals surface area contributed by atoms with Gasteiger partial charge in [0.25, 0.3) is 0 Å². The van der Waals surface area contributed by atoms with E-state index in [1.54, 1.807) is 19.1 Å². The molecule has 2 aromatic rings. The highest BCUT2D eigenvalue weighted by Gasteiger charge is 2.09. The molecule has 7 heteroatoms. The Morgan fingerprint density at radius 2 is 2.10 bits per heavy atom. The van der Waals surface area contributed by atoms with Gasteiger partial charge in [0.05, 0.1) is 17.8 Å². The summed E-state index contributed by atoms with van der Waals surface area (Å²) in [5.74, 6) is 0.0746. The van der Waals surface area contributed by atoms with Crippen molar-refractivity contribution in [1.82, 2.24) is 10.3 Å². The molecule has 2 amide bonds. The number of nitrogens with zero attached hydrogens (tertiary/aromatic N) is 1. The van der Waals surface area contributed by atoms with Crippen LogP contribution in [0.1, 0.15) is 27.7 Å². The minimum Gasteiger partial charge on any atom is -0.478 e. The number of carbonyl (C=O) groups is 2. The molecular formula is C14H15N3O4. The number of carboxylic acid groups (broad SMARTS) is 1. The second-order valence-corrected chi connectivity index (χ2v) is 4.44. The largest absolute Gasteiger partial charge is 0.478 e. The van der Waals surface area contributed by atoms with Crippen LogP contribution in [0.3, 0.4) is 0 Å². The van der Waals surface area contributed by atoms with Gasteiger partial charge < -0.3 is 20.2 Å². The summed E-state index contributed by atoms with van der Waals surface area (Å²) in [6.45, 7) is 3.77. The number of aromatic nitrogens is 1. The number of nitrogens with one attached hydrogen (secondary N) is 2. The summed E-state index contributed by atoms with van der Waals surface area (Å²) in [5, 5.41) is 14.0. The van der Waals surface area contributed by atoms with Crippen molar-refractivity contribution in [3.8, 4) is 0 Å². The quantitative estimate of drug-likeness (QED) is 0.801. The third kappa shape index (κ3) is 3.82. The van der Waals surface area contributed by atoms with Crippen LogP contribution in [-0.4, -0.2) is 22.1 Å². The van der Waals surface area contributed by atoms with E-state index in [2.05, 4.69) is 15.6 Å². The van der Waals surface area contributed by atoms with E-state index in [1.165, 1.54) is 12.1 Å². The molecule has 2 rings (SSSR count). The Kier molecular flexibility index (Phi) is 4.22. The summed E-state index contributed by atoms with van der Waals surface area (Å²) < 4.78 is 5.33. The fourth-order valence-electron chi connectivity index (χ4n) is 1.68. The van der Waals surface area contributed by atoms with Crippen molar-refractivity contribution in [2.45, 2.75) is 20.4 Å². The number of hydrogen-bond acceptors (Lipinski definition) is 4. The maximum atomic E-state index is 11.7. The summed E-state index contributed by atoms with van der Waals surface area (Å²) in [5.41, 5.74) is 1.28. The molecule has 0 aliphatic heterocycles. The monoisotopic (exact) mass is 289 g/mol. The fraction of sp³-hybridized carbons (Fsp3) is 0.214. The predicted molar refractivity (Wildman–Crippen MR) is 75.2 cm³/mol. The first-order chi connectivity index (χ1) is 9.95. The molecule has 0 radical (unpaired) electrons. The summed E-state index contributed by atoms with van der Waals surface area (Å²) in [4.78, 5) is 26.7. The molecule has 0 fully saturated rings. The highest BCUT2D eigenvalue weighted by molar-refractivity contribution is 5.93. The molecule has 0 aliphatic rings. The van der Waals surface area contributed by atoms with Crippen molar-refractivity contribution in [3.63, 3.8) is 0 Å². The number of hydrogen-bond donors (Lipinski definition) is 3. The number of carboxylic acids is 1. The second kappa shape index (κ2) is 6.08. The first-order valence-corrected chi connectivity index (χ1v) is 6.27. The number of aryl methyl sites for hydroxylation is 2. The summed E-state index contributed by atoms with van der Waals surface area (Å²) in [6.07, 6.45) is 0. The average Bonchev–Trinajstić information content (AvgIpc) is 2.76. The standard InChI is InChI=1S/C14H15N3O4/c1-8-9(2)21-12(16-8)7-15-14(20)17-11-5-3-4-10(6-11)13(18)19/h3-6H,7H2,1-2H3,(H,18,19)(H2,15,17,20). The highest BCUT2D eigenvalue weighted by Crippen LogP contribution is 2.11. The number of amides is 2. The zero-order valence-corrected chi connectivity index (χ0v) is 11.6. The normalized spacial score (nSPS) is 10.2. The van der Waals surface area contributed by atoms with Crippen LogP contribution in [0.4, 0.5) is 10.5 Å². The van der Waals surface area contributed by atoms with E-state index in [9.17, 15) is 9.59 Å². The molecule has 0 atom stereocenters. The molecule has 0 spiro atoms. The Morgan fingerprint density at radius 1 is 1.33 bits per heavy atom. The molecule has 0 bridgehead atoms. The van der Waals surface area contributed by atoms with E-state index in [1.807, 2.05) is 6.92 Å². The van der Waals surface area contributed by atoms with Crippen LogP contribution >= 0.6 is 0 Å². The number of rotatable bonds is 4. The van der Waals surface area contributed by atoms with E-state index in [0.717, 1.165) is 5.69 Å². The lowest BCUT2D eigenvalue weighted by molar-refractivity contribution is 0.0697. The summed E-state index contributed by atoms with van der Waals surface area (Å²) in [7, 11) is 0. The number of anilines is 1. The Hall–Kier alpha value is -2.83. The molecular weight excluding hydrogens is 274 g/mol. The van der Waals surface area contributed by atoms with Gasteiger partial charge in [-0.05, 0) is 32.0 Å². The molecule has 7 nitrogen and oxygen atoms in total. The Labute approximate surface area is 121 Å². The van der Waals surface area contributed by atoms with Crippen LogP contribution in [0.25, 0.3) is 0 Å². The van der Waals surface area contributed by atoms with Crippen LogP contribution < -0.4 is 10.6 Å². The van der Waals surface area contributed by atoms with Crippen LogP contribution in [0.2, 0.25) is 0 Å². The van der Waals surface area contributed by atoms with Gasteiger partial charge in [-0.1, -0.05) is 6.07 Å². The van der Waals surface area contributed by atoms with E-state index in [0.29, 0.717) is 17.3 Å². The van der Waals surface area contributed by atoms with Gasteiger partial charge >= 0.3 is 12.0 Å². The lowest BCUT2D eigenvalue weighted by atomic mass is 10.2. The van der Waals surface area contributed by atoms with Gasteiger partial charge in [0, 0.05) is 5.69 Å². The minimum atomic E-state index is -1.05. The molecule has 1 aromatic carbocycles. The number of urea groups is 1. The minimum absolute atomic E-state index is 0.103. The number of aromatic carboxylic acids is 1. The van der Waals surface area contributed by atoms with E-state index in [-0.39, 0.29) is 12.1 Å². The molecule has 1 aromatic heterocycles. The van der Waals surface area contributed by atoms with Crippen LogP contribution in [0, 0.1) is 13.8 Å². The third-order valence-corrected chi connectivity index (χ3v) is 2.84. The maximum Gasteiger partial charge on any atom is 0.335 e. The molecule has 0 saturated heterocycles. The van der Waals surface area contributed by atoms with Crippen molar-refractivity contribution < 1.29 is 19.1 Å². The average molecular weight is 289 g/mol. The number of oxazole rings is 1. The Balaban J connectivity index is 1.92. The SMILES string of the molecule is Cc1nc(CNC(=O)Nc2cccc(C(=O)O)c2)oc1C. The van der Waals surface area contributed by atoms with Crippen molar-refractivity contribution in [2.24, 2.45) is 0 Å². The van der Waals surface area contributed by atoms with Crippen molar-refractivity contribution >= 4 is 17.7 Å². The molecule has 1 heterocycles. The van der Waals surface area contributed by atoms with Gasteiger partial charge in [0.1, 0.15) is 5.76 Å². The summed E-state index contributed by atoms with van der Waals surface area (Å²) >= 11 is 0. The smallest absolute Gasteiger partial charge is 0.335 e. The van der Waals surface area contributed by atoms with E-state index >= 15 is 0 Å².